The average Bonchev–Trinajstić information content (AvgIpc) is 3.24. The Morgan fingerprint density at radius 3 is 1.45 bits per heavy atom. The minimum atomic E-state index is 0.917. The highest BCUT2D eigenvalue weighted by Crippen LogP contribution is 2.32. The molecular weight excluding hydrogens is 270 g/mol. The van der Waals surface area contributed by atoms with Gasteiger partial charge in [0, 0.05) is 20.1 Å². The van der Waals surface area contributed by atoms with Gasteiger partial charge in [0.1, 0.15) is 0 Å². The van der Waals surface area contributed by atoms with Crippen LogP contribution in [0, 0.1) is 27.7 Å². The van der Waals surface area contributed by atoms with Crippen LogP contribution in [0.1, 0.15) is 53.6 Å². The molecule has 1 heterocycles. The molecule has 0 radical (unpaired) electrons. The summed E-state index contributed by atoms with van der Waals surface area (Å²) in [6.07, 6.45) is 3.98. The Morgan fingerprint density at radius 2 is 1.14 bits per heavy atom. The minimum Gasteiger partial charge on any atom is -0.355 e. The fraction of sp³-hybridized carbons (Fsp3) is 0.632. The van der Waals surface area contributed by atoms with Crippen LogP contribution < -0.4 is 10.6 Å². The Balaban J connectivity index is 0.000000228. The molecule has 3 rings (SSSR count). The van der Waals surface area contributed by atoms with Crippen LogP contribution in [0.25, 0.3) is 0 Å². The van der Waals surface area contributed by atoms with Crippen molar-refractivity contribution in [1.82, 2.24) is 10.6 Å². The second-order valence-corrected chi connectivity index (χ2v) is 5.74. The molecule has 0 unspecified atom stereocenters. The zero-order valence-electron chi connectivity index (χ0n) is 15.5. The van der Waals surface area contributed by atoms with E-state index in [0.29, 0.717) is 0 Å². The predicted octanol–water partition coefficient (Wildman–Crippen LogP) is 3.60. The molecule has 1 aliphatic carbocycles. The second kappa shape index (κ2) is 8.82. The zero-order valence-corrected chi connectivity index (χ0v) is 15.5. The van der Waals surface area contributed by atoms with Crippen molar-refractivity contribution >= 4 is 5.96 Å². The Kier molecular flexibility index (Phi) is 7.43. The summed E-state index contributed by atoms with van der Waals surface area (Å²) >= 11 is 0. The van der Waals surface area contributed by atoms with Gasteiger partial charge in [-0.3, -0.25) is 4.99 Å². The lowest BCUT2D eigenvalue weighted by molar-refractivity contribution is 0.907. The van der Waals surface area contributed by atoms with Gasteiger partial charge in [0.05, 0.1) is 0 Å². The third kappa shape index (κ3) is 4.02. The van der Waals surface area contributed by atoms with E-state index in [0.717, 1.165) is 19.0 Å². The lowest BCUT2D eigenvalue weighted by Crippen LogP contribution is -2.23. The molecule has 124 valence electrons. The maximum atomic E-state index is 3.88. The zero-order chi connectivity index (χ0) is 16.7. The largest absolute Gasteiger partial charge is 0.355 e. The number of hydrogen-bond acceptors (Lipinski definition) is 1. The van der Waals surface area contributed by atoms with E-state index >= 15 is 0 Å². The molecule has 1 aromatic rings. The third-order valence-corrected chi connectivity index (χ3v) is 4.74. The molecule has 1 aliphatic heterocycles. The lowest BCUT2D eigenvalue weighted by atomic mass is 9.90. The Hall–Kier alpha value is -1.51. The number of hydrogen-bond donors (Lipinski definition) is 2. The summed E-state index contributed by atoms with van der Waals surface area (Å²) in [6.45, 7) is 15.1. The van der Waals surface area contributed by atoms with Gasteiger partial charge in [0.15, 0.2) is 5.96 Å². The van der Waals surface area contributed by atoms with Gasteiger partial charge in [-0.1, -0.05) is 13.8 Å². The van der Waals surface area contributed by atoms with Gasteiger partial charge in [-0.05, 0) is 80.3 Å². The fourth-order valence-corrected chi connectivity index (χ4v) is 3.17. The molecule has 0 saturated carbocycles. The van der Waals surface area contributed by atoms with E-state index in [-0.39, 0.29) is 0 Å². The maximum Gasteiger partial charge on any atom is 0.191 e. The number of nitrogens with zero attached hydrogens (tertiary/aromatic N) is 1. The van der Waals surface area contributed by atoms with Crippen molar-refractivity contribution in [1.29, 1.82) is 0 Å². The SMILES string of the molecule is CC.CN=C1NCCN1.Cc1c(C)c(C)c2c(c1C)CCC2. The average molecular weight is 303 g/mol. The summed E-state index contributed by atoms with van der Waals surface area (Å²) in [6, 6.07) is 0. The minimum absolute atomic E-state index is 0.917. The van der Waals surface area contributed by atoms with E-state index in [1.165, 1.54) is 30.4 Å². The standard InChI is InChI=1S/C13H18.C4H9N3.C2H6/c1-8-9(2)11(4)13-7-5-6-12(13)10(8)3;1-5-4-6-2-3-7-4;1-2/h5-7H2,1-4H3;2-3H2,1H3,(H2,5,6,7);1-2H3. The number of rotatable bonds is 0. The van der Waals surface area contributed by atoms with Crippen LogP contribution in [0.4, 0.5) is 0 Å². The topological polar surface area (TPSA) is 36.4 Å². The molecule has 0 atom stereocenters. The summed E-state index contributed by atoms with van der Waals surface area (Å²) in [5.41, 5.74) is 9.43. The molecule has 3 nitrogen and oxygen atoms in total. The van der Waals surface area contributed by atoms with Crippen LogP contribution in [0.5, 0.6) is 0 Å². The summed E-state index contributed by atoms with van der Waals surface area (Å²) in [4.78, 5) is 3.88. The maximum absolute atomic E-state index is 3.88. The van der Waals surface area contributed by atoms with Crippen LogP contribution in [0.3, 0.4) is 0 Å². The highest BCUT2D eigenvalue weighted by Gasteiger charge is 2.18. The van der Waals surface area contributed by atoms with Crippen LogP contribution in [-0.2, 0) is 12.8 Å². The van der Waals surface area contributed by atoms with Crippen LogP contribution in [0.2, 0.25) is 0 Å². The number of fused-ring (bicyclic) bond motifs is 1. The number of aliphatic imine (C=N–C) groups is 1. The highest BCUT2D eigenvalue weighted by molar-refractivity contribution is 5.81. The first-order chi connectivity index (χ1) is 10.6. The molecule has 0 spiro atoms. The Bertz CT molecular complexity index is 487. The van der Waals surface area contributed by atoms with Crippen molar-refractivity contribution in [3.63, 3.8) is 0 Å². The van der Waals surface area contributed by atoms with E-state index in [1.807, 2.05) is 13.8 Å². The molecule has 22 heavy (non-hydrogen) atoms. The van der Waals surface area contributed by atoms with Crippen molar-refractivity contribution in [3.05, 3.63) is 33.4 Å². The molecule has 1 aromatic carbocycles. The van der Waals surface area contributed by atoms with Crippen molar-refractivity contribution in [2.75, 3.05) is 20.1 Å². The number of benzene rings is 1. The monoisotopic (exact) mass is 303 g/mol. The molecule has 0 bridgehead atoms. The molecule has 3 heteroatoms. The van der Waals surface area contributed by atoms with Crippen molar-refractivity contribution in [2.24, 2.45) is 4.99 Å². The van der Waals surface area contributed by atoms with Gasteiger partial charge in [-0.2, -0.15) is 0 Å². The third-order valence-electron chi connectivity index (χ3n) is 4.74. The number of nitrogens with one attached hydrogen (secondary N) is 2. The molecule has 1 saturated heterocycles. The van der Waals surface area contributed by atoms with Gasteiger partial charge < -0.3 is 10.6 Å². The first-order valence-corrected chi connectivity index (χ1v) is 8.59. The van der Waals surface area contributed by atoms with E-state index in [9.17, 15) is 0 Å². The van der Waals surface area contributed by atoms with E-state index < -0.39 is 0 Å². The normalized spacial score (nSPS) is 14.8. The Labute approximate surface area is 136 Å². The van der Waals surface area contributed by atoms with Crippen molar-refractivity contribution in [2.45, 2.75) is 60.8 Å². The fourth-order valence-electron chi connectivity index (χ4n) is 3.17. The predicted molar refractivity (Wildman–Crippen MR) is 98.1 cm³/mol. The van der Waals surface area contributed by atoms with Crippen molar-refractivity contribution < 1.29 is 0 Å². The second-order valence-electron chi connectivity index (χ2n) is 5.74. The van der Waals surface area contributed by atoms with Crippen molar-refractivity contribution in [3.8, 4) is 0 Å². The van der Waals surface area contributed by atoms with Crippen LogP contribution in [0.15, 0.2) is 4.99 Å². The molecule has 2 N–H and O–H groups in total. The summed E-state index contributed by atoms with van der Waals surface area (Å²) in [7, 11) is 1.76. The van der Waals surface area contributed by atoms with Gasteiger partial charge in [-0.25, -0.2) is 0 Å². The summed E-state index contributed by atoms with van der Waals surface area (Å²) in [5, 5.41) is 6.09. The first-order valence-electron chi connectivity index (χ1n) is 8.59. The molecule has 1 fully saturated rings. The van der Waals surface area contributed by atoms with Gasteiger partial charge in [0.2, 0.25) is 0 Å². The number of guanidine groups is 1. The van der Waals surface area contributed by atoms with Gasteiger partial charge >= 0.3 is 0 Å². The van der Waals surface area contributed by atoms with Gasteiger partial charge in [0.25, 0.3) is 0 Å². The molecule has 0 aromatic heterocycles. The first kappa shape index (κ1) is 18.5. The van der Waals surface area contributed by atoms with E-state index in [4.69, 9.17) is 0 Å². The van der Waals surface area contributed by atoms with Crippen LogP contribution in [-0.4, -0.2) is 26.1 Å². The quantitative estimate of drug-likeness (QED) is 0.768. The van der Waals surface area contributed by atoms with Gasteiger partial charge in [-0.15, -0.1) is 0 Å². The molecular formula is C19H33N3. The lowest BCUT2D eigenvalue weighted by Gasteiger charge is -2.15. The Morgan fingerprint density at radius 1 is 0.727 bits per heavy atom. The van der Waals surface area contributed by atoms with E-state index in [1.54, 1.807) is 29.3 Å². The van der Waals surface area contributed by atoms with Crippen LogP contribution >= 0.6 is 0 Å². The molecule has 0 amide bonds. The molecule has 2 aliphatic rings. The van der Waals surface area contributed by atoms with E-state index in [2.05, 4.69) is 43.3 Å². The highest BCUT2D eigenvalue weighted by atomic mass is 15.2. The smallest absolute Gasteiger partial charge is 0.191 e. The summed E-state index contributed by atoms with van der Waals surface area (Å²) < 4.78 is 0. The summed E-state index contributed by atoms with van der Waals surface area (Å²) in [5.74, 6) is 0.917.